The van der Waals surface area contributed by atoms with Gasteiger partial charge in [0, 0.05) is 88.3 Å². The molecule has 9 nitrogen and oxygen atoms in total. The van der Waals surface area contributed by atoms with Crippen LogP contribution in [0.25, 0.3) is 10.9 Å². The Morgan fingerprint density at radius 2 is 1.60 bits per heavy atom. The summed E-state index contributed by atoms with van der Waals surface area (Å²) in [6.07, 6.45) is 8.53. The number of para-hydroxylation sites is 1. The van der Waals surface area contributed by atoms with Gasteiger partial charge in [-0.3, -0.25) is 29.0 Å². The van der Waals surface area contributed by atoms with E-state index in [2.05, 4.69) is 50.5 Å². The Balaban J connectivity index is 1.08. The average Bonchev–Trinajstić information content (AvgIpc) is 3.49. The van der Waals surface area contributed by atoms with Crippen LogP contribution in [0.5, 0.6) is 0 Å². The van der Waals surface area contributed by atoms with Gasteiger partial charge in [-0.25, -0.2) is 0 Å². The highest BCUT2D eigenvalue weighted by atomic mass is 16.2. The van der Waals surface area contributed by atoms with E-state index < -0.39 is 6.04 Å². The van der Waals surface area contributed by atoms with Gasteiger partial charge in [0.1, 0.15) is 0 Å². The van der Waals surface area contributed by atoms with Gasteiger partial charge in [-0.05, 0) is 66.3 Å². The van der Waals surface area contributed by atoms with Crippen molar-refractivity contribution in [2.45, 2.75) is 64.3 Å². The first kappa shape index (κ1) is 33.2. The molecule has 0 bridgehead atoms. The quantitative estimate of drug-likeness (QED) is 0.186. The number of carbonyl (C=O) groups is 2. The standard InChI is InChI=1S/C39H45N7O2/c1-29(47)46-28-32(36-13-2-3-14-38(36)46)24-37(40)39(48)44-21-16-35(17-22-44)45(20-15-33-11-4-6-18-42-33)27-31-10-8-9-30(23-31)25-41-26-34-12-5-7-19-43-34/h2-14,18-19,23,28,35,37,41H,15-17,20-22,24-27,40H2,1H3/t37-/m0/s1. The topological polar surface area (TPSA) is 109 Å². The molecule has 2 aromatic carbocycles. The molecule has 0 unspecified atom stereocenters. The highest BCUT2D eigenvalue weighted by molar-refractivity contribution is 5.94. The SMILES string of the molecule is CC(=O)n1cc(C[C@H](N)C(=O)N2CCC(N(CCc3ccccn3)Cc3cccc(CNCc4ccccn4)c3)CC2)c2ccccc21. The summed E-state index contributed by atoms with van der Waals surface area (Å²) in [4.78, 5) is 39.3. The normalized spacial score (nSPS) is 14.4. The number of hydrogen-bond donors (Lipinski definition) is 2. The minimum Gasteiger partial charge on any atom is -0.341 e. The third-order valence-electron chi connectivity index (χ3n) is 9.30. The van der Waals surface area contributed by atoms with E-state index in [1.54, 1.807) is 11.5 Å². The molecule has 4 heterocycles. The summed E-state index contributed by atoms with van der Waals surface area (Å²) >= 11 is 0. The van der Waals surface area contributed by atoms with Crippen molar-refractivity contribution in [2.24, 2.45) is 5.73 Å². The maximum absolute atomic E-state index is 13.6. The monoisotopic (exact) mass is 643 g/mol. The second kappa shape index (κ2) is 15.9. The van der Waals surface area contributed by atoms with Crippen LogP contribution in [0.4, 0.5) is 0 Å². The summed E-state index contributed by atoms with van der Waals surface area (Å²) in [6.45, 7) is 6.10. The first-order valence-corrected chi connectivity index (χ1v) is 16.9. The molecule has 1 atom stereocenters. The van der Waals surface area contributed by atoms with Crippen LogP contribution in [-0.4, -0.2) is 67.9 Å². The largest absolute Gasteiger partial charge is 0.341 e. The predicted octanol–water partition coefficient (Wildman–Crippen LogP) is 4.99. The van der Waals surface area contributed by atoms with Crippen molar-refractivity contribution in [3.05, 3.63) is 132 Å². The van der Waals surface area contributed by atoms with Gasteiger partial charge in [-0.1, -0.05) is 54.6 Å². The molecule has 1 fully saturated rings. The second-order valence-corrected chi connectivity index (χ2v) is 12.7. The third kappa shape index (κ3) is 8.41. The molecule has 0 radical (unpaired) electrons. The number of piperidine rings is 1. The molecule has 3 aromatic heterocycles. The molecule has 9 heteroatoms. The molecule has 248 valence electrons. The molecule has 0 spiro atoms. The fourth-order valence-electron chi connectivity index (χ4n) is 6.79. The van der Waals surface area contributed by atoms with Crippen LogP contribution in [0.1, 0.15) is 52.6 Å². The Labute approximate surface area is 282 Å². The van der Waals surface area contributed by atoms with Crippen molar-refractivity contribution in [3.63, 3.8) is 0 Å². The molecule has 0 aliphatic carbocycles. The summed E-state index contributed by atoms with van der Waals surface area (Å²) in [7, 11) is 0. The zero-order valence-corrected chi connectivity index (χ0v) is 27.7. The molecule has 3 N–H and O–H groups in total. The average molecular weight is 644 g/mol. The number of hydrogen-bond acceptors (Lipinski definition) is 7. The van der Waals surface area contributed by atoms with E-state index in [9.17, 15) is 9.59 Å². The number of nitrogens with zero attached hydrogens (tertiary/aromatic N) is 5. The highest BCUT2D eigenvalue weighted by Crippen LogP contribution is 2.24. The molecule has 5 aromatic rings. The van der Waals surface area contributed by atoms with Crippen molar-refractivity contribution in [1.82, 2.24) is 29.7 Å². The Hall–Kier alpha value is -4.70. The molecule has 0 saturated carbocycles. The van der Waals surface area contributed by atoms with Crippen LogP contribution in [0, 0.1) is 0 Å². The summed E-state index contributed by atoms with van der Waals surface area (Å²) in [5.41, 5.74) is 12.9. The van der Waals surface area contributed by atoms with E-state index in [1.165, 1.54) is 11.1 Å². The van der Waals surface area contributed by atoms with Gasteiger partial charge in [0.25, 0.3) is 0 Å². The van der Waals surface area contributed by atoms with Gasteiger partial charge in [-0.2, -0.15) is 0 Å². The lowest BCUT2D eigenvalue weighted by Gasteiger charge is -2.39. The summed E-state index contributed by atoms with van der Waals surface area (Å²) in [5.74, 6) is -0.0879. The number of rotatable bonds is 13. The number of nitrogens with one attached hydrogen (secondary N) is 1. The van der Waals surface area contributed by atoms with Gasteiger partial charge in [-0.15, -0.1) is 0 Å². The van der Waals surface area contributed by atoms with E-state index in [4.69, 9.17) is 5.73 Å². The zero-order chi connectivity index (χ0) is 33.3. The maximum atomic E-state index is 13.6. The lowest BCUT2D eigenvalue weighted by atomic mass is 9.99. The van der Waals surface area contributed by atoms with Crippen molar-refractivity contribution in [3.8, 4) is 0 Å². The smallest absolute Gasteiger partial charge is 0.239 e. The van der Waals surface area contributed by atoms with Crippen LogP contribution in [0.2, 0.25) is 0 Å². The number of pyridine rings is 2. The molecule has 6 rings (SSSR count). The van der Waals surface area contributed by atoms with E-state index in [0.717, 1.165) is 73.3 Å². The summed E-state index contributed by atoms with van der Waals surface area (Å²) in [5, 5.41) is 4.48. The first-order chi connectivity index (χ1) is 23.4. The molecular formula is C39H45N7O2. The zero-order valence-electron chi connectivity index (χ0n) is 27.7. The minimum absolute atomic E-state index is 0.0287. The number of benzene rings is 2. The van der Waals surface area contributed by atoms with E-state index >= 15 is 0 Å². The molecule has 1 saturated heterocycles. The predicted molar refractivity (Wildman–Crippen MR) is 189 cm³/mol. The number of likely N-dealkylation sites (tertiary alicyclic amines) is 1. The maximum Gasteiger partial charge on any atom is 0.239 e. The summed E-state index contributed by atoms with van der Waals surface area (Å²) in [6, 6.07) is 28.3. The Bertz CT molecular complexity index is 1800. The number of fused-ring (bicyclic) bond motifs is 1. The fourth-order valence-corrected chi connectivity index (χ4v) is 6.79. The first-order valence-electron chi connectivity index (χ1n) is 16.9. The van der Waals surface area contributed by atoms with Crippen molar-refractivity contribution >= 4 is 22.7 Å². The lowest BCUT2D eigenvalue weighted by Crippen LogP contribution is -2.51. The van der Waals surface area contributed by atoms with Gasteiger partial charge >= 0.3 is 0 Å². The van der Waals surface area contributed by atoms with Crippen molar-refractivity contribution in [1.29, 1.82) is 0 Å². The molecular weight excluding hydrogens is 598 g/mol. The van der Waals surface area contributed by atoms with E-state index in [1.807, 2.05) is 78.1 Å². The third-order valence-corrected chi connectivity index (χ3v) is 9.30. The highest BCUT2D eigenvalue weighted by Gasteiger charge is 2.30. The minimum atomic E-state index is -0.665. The Morgan fingerprint density at radius 3 is 2.33 bits per heavy atom. The molecule has 1 aliphatic heterocycles. The fraction of sp³-hybridized carbons (Fsp3) is 0.333. The van der Waals surface area contributed by atoms with E-state index in [-0.39, 0.29) is 11.8 Å². The molecule has 48 heavy (non-hydrogen) atoms. The van der Waals surface area contributed by atoms with Gasteiger partial charge in [0.2, 0.25) is 11.8 Å². The molecule has 1 amide bonds. The van der Waals surface area contributed by atoms with Crippen LogP contribution < -0.4 is 11.1 Å². The number of nitrogens with two attached hydrogens (primary N) is 1. The van der Waals surface area contributed by atoms with E-state index in [0.29, 0.717) is 25.6 Å². The van der Waals surface area contributed by atoms with Crippen LogP contribution >= 0.6 is 0 Å². The lowest BCUT2D eigenvalue weighted by molar-refractivity contribution is -0.134. The van der Waals surface area contributed by atoms with Gasteiger partial charge in [0.05, 0.1) is 17.3 Å². The van der Waals surface area contributed by atoms with Gasteiger partial charge < -0.3 is 16.0 Å². The van der Waals surface area contributed by atoms with Crippen molar-refractivity contribution < 1.29 is 9.59 Å². The van der Waals surface area contributed by atoms with Gasteiger partial charge in [0.15, 0.2) is 0 Å². The van der Waals surface area contributed by atoms with Crippen molar-refractivity contribution in [2.75, 3.05) is 19.6 Å². The van der Waals surface area contributed by atoms with Crippen LogP contribution in [0.3, 0.4) is 0 Å². The Morgan fingerprint density at radius 1 is 0.896 bits per heavy atom. The number of carbonyl (C=O) groups excluding carboxylic acids is 2. The molecule has 1 aliphatic rings. The Kier molecular flexibility index (Phi) is 11.0. The van der Waals surface area contributed by atoms with Crippen LogP contribution in [-0.2, 0) is 37.3 Å². The summed E-state index contributed by atoms with van der Waals surface area (Å²) < 4.78 is 1.64. The second-order valence-electron chi connectivity index (χ2n) is 12.7. The number of amides is 1. The number of aromatic nitrogens is 3. The van der Waals surface area contributed by atoms with Crippen LogP contribution in [0.15, 0.2) is 104 Å².